The van der Waals surface area contributed by atoms with Gasteiger partial charge >= 0.3 is 19.8 Å². The fourth-order valence-electron chi connectivity index (χ4n) is 5.20. The smallest absolute Gasteiger partial charge is 0.462 e. The van der Waals surface area contributed by atoms with Crippen molar-refractivity contribution in [3.05, 3.63) is 36.5 Å². The lowest BCUT2D eigenvalue weighted by atomic mass is 10.1. The predicted octanol–water partition coefficient (Wildman–Crippen LogP) is 11.0. The van der Waals surface area contributed by atoms with E-state index in [9.17, 15) is 19.0 Å². The molecular weight excluding hydrogens is 665 g/mol. The summed E-state index contributed by atoms with van der Waals surface area (Å²) in [4.78, 5) is 35.0. The summed E-state index contributed by atoms with van der Waals surface area (Å²) in [6, 6.07) is 0. The van der Waals surface area contributed by atoms with Crippen molar-refractivity contribution in [3.8, 4) is 0 Å². The van der Waals surface area contributed by atoms with Gasteiger partial charge in [-0.25, -0.2) is 4.57 Å². The molecule has 0 radical (unpaired) electrons. The van der Waals surface area contributed by atoms with Crippen LogP contribution in [0.4, 0.5) is 0 Å². The summed E-state index contributed by atoms with van der Waals surface area (Å²) in [5.74, 6) is -0.824. The monoisotopic (exact) mass is 743 g/mol. The number of phosphoric ester groups is 1. The molecule has 0 spiro atoms. The van der Waals surface area contributed by atoms with E-state index in [0.717, 1.165) is 77.0 Å². The van der Waals surface area contributed by atoms with Gasteiger partial charge in [0.1, 0.15) is 19.8 Å². The zero-order valence-corrected chi connectivity index (χ0v) is 34.2. The summed E-state index contributed by atoms with van der Waals surface area (Å²) in [6.45, 7) is 4.31. The maximum absolute atomic E-state index is 12.6. The molecule has 0 aromatic heterocycles. The molecule has 0 amide bonds. The number of phosphoric acid groups is 1. The Labute approximate surface area is 312 Å². The van der Waals surface area contributed by atoms with Crippen molar-refractivity contribution in [2.24, 2.45) is 0 Å². The van der Waals surface area contributed by atoms with E-state index in [1.165, 1.54) is 51.4 Å². The number of hydrogen-bond donors (Lipinski definition) is 1. The number of allylic oxidation sites excluding steroid dienone is 6. The van der Waals surface area contributed by atoms with Gasteiger partial charge in [0.05, 0.1) is 27.7 Å². The van der Waals surface area contributed by atoms with Gasteiger partial charge in [0, 0.05) is 12.8 Å². The lowest BCUT2D eigenvalue weighted by Gasteiger charge is -2.24. The molecule has 0 aliphatic rings. The predicted molar refractivity (Wildman–Crippen MR) is 210 cm³/mol. The average molecular weight is 743 g/mol. The van der Waals surface area contributed by atoms with E-state index in [4.69, 9.17) is 18.5 Å². The Morgan fingerprint density at radius 1 is 0.608 bits per heavy atom. The molecule has 0 aromatic rings. The zero-order valence-electron chi connectivity index (χ0n) is 33.3. The van der Waals surface area contributed by atoms with Crippen molar-refractivity contribution in [1.82, 2.24) is 0 Å². The van der Waals surface area contributed by atoms with Crippen molar-refractivity contribution in [1.29, 1.82) is 0 Å². The zero-order chi connectivity index (χ0) is 37.9. The molecule has 9 nitrogen and oxygen atoms in total. The van der Waals surface area contributed by atoms with E-state index < -0.39 is 26.5 Å². The second-order valence-electron chi connectivity index (χ2n) is 14.7. The SMILES string of the molecule is CCCCCCC/C=C\C/C=C\C/C=C\CCCCCCCCC(=O)OC(COC(=O)CCCCCCCC)COP(=O)(O)OCC[N+](C)(C)C. The van der Waals surface area contributed by atoms with Crippen LogP contribution in [0.2, 0.25) is 0 Å². The molecule has 51 heavy (non-hydrogen) atoms. The summed E-state index contributed by atoms with van der Waals surface area (Å²) < 4.78 is 34.0. The fraction of sp³-hybridized carbons (Fsp3) is 0.805. The van der Waals surface area contributed by atoms with Crippen LogP contribution in [-0.4, -0.2) is 74.9 Å². The molecule has 2 unspecified atom stereocenters. The third-order valence-corrected chi connectivity index (χ3v) is 9.41. The van der Waals surface area contributed by atoms with E-state index in [2.05, 4.69) is 50.3 Å². The molecule has 0 saturated carbocycles. The molecule has 0 aromatic carbocycles. The number of rotatable bonds is 36. The van der Waals surface area contributed by atoms with Crippen molar-refractivity contribution in [3.63, 3.8) is 0 Å². The van der Waals surface area contributed by atoms with Crippen LogP contribution in [0, 0.1) is 0 Å². The molecule has 0 bridgehead atoms. The van der Waals surface area contributed by atoms with Crippen LogP contribution in [-0.2, 0) is 32.7 Å². The van der Waals surface area contributed by atoms with Gasteiger partial charge in [0.25, 0.3) is 0 Å². The highest BCUT2D eigenvalue weighted by atomic mass is 31.2. The molecule has 0 aliphatic heterocycles. The third-order valence-electron chi connectivity index (χ3n) is 8.42. The molecular formula is C41H77NO8P+. The van der Waals surface area contributed by atoms with Gasteiger partial charge in [-0.15, -0.1) is 0 Å². The fourth-order valence-corrected chi connectivity index (χ4v) is 5.94. The van der Waals surface area contributed by atoms with Crippen molar-refractivity contribution in [2.75, 3.05) is 47.5 Å². The molecule has 0 rings (SSSR count). The molecule has 10 heteroatoms. The first-order valence-corrected chi connectivity index (χ1v) is 21.7. The van der Waals surface area contributed by atoms with E-state index in [-0.39, 0.29) is 32.0 Å². The number of ether oxygens (including phenoxy) is 2. The van der Waals surface area contributed by atoms with Gasteiger partial charge in [-0.2, -0.15) is 0 Å². The number of nitrogens with zero attached hydrogens (tertiary/aromatic N) is 1. The van der Waals surface area contributed by atoms with Gasteiger partial charge in [-0.1, -0.05) is 134 Å². The second kappa shape index (κ2) is 34.0. The van der Waals surface area contributed by atoms with E-state index >= 15 is 0 Å². The van der Waals surface area contributed by atoms with Gasteiger partial charge in [-0.05, 0) is 51.4 Å². The van der Waals surface area contributed by atoms with Crippen LogP contribution in [0.25, 0.3) is 0 Å². The van der Waals surface area contributed by atoms with Crippen LogP contribution in [0.3, 0.4) is 0 Å². The average Bonchev–Trinajstić information content (AvgIpc) is 3.07. The summed E-state index contributed by atoms with van der Waals surface area (Å²) in [5, 5.41) is 0. The lowest BCUT2D eigenvalue weighted by molar-refractivity contribution is -0.870. The van der Waals surface area contributed by atoms with Crippen LogP contribution < -0.4 is 0 Å². The summed E-state index contributed by atoms with van der Waals surface area (Å²) in [5.41, 5.74) is 0. The first-order chi connectivity index (χ1) is 24.5. The maximum Gasteiger partial charge on any atom is 0.472 e. The van der Waals surface area contributed by atoms with Crippen molar-refractivity contribution < 1.29 is 42.1 Å². The number of unbranched alkanes of at least 4 members (excludes halogenated alkanes) is 16. The van der Waals surface area contributed by atoms with Gasteiger partial charge in [0.2, 0.25) is 0 Å². The first-order valence-electron chi connectivity index (χ1n) is 20.2. The molecule has 0 fully saturated rings. The third kappa shape index (κ3) is 37.8. The number of hydrogen-bond acceptors (Lipinski definition) is 7. The van der Waals surface area contributed by atoms with Gasteiger partial charge < -0.3 is 18.9 Å². The minimum Gasteiger partial charge on any atom is -0.462 e. The topological polar surface area (TPSA) is 108 Å². The molecule has 0 saturated heterocycles. The van der Waals surface area contributed by atoms with Crippen LogP contribution >= 0.6 is 7.82 Å². The lowest BCUT2D eigenvalue weighted by Crippen LogP contribution is -2.37. The minimum absolute atomic E-state index is 0.0287. The first kappa shape index (κ1) is 49.2. The standard InChI is InChI=1S/C41H76NO8P/c1-6-8-10-12-14-15-16-17-18-19-20-21-22-23-24-25-26-27-28-30-32-34-41(44)50-39(37-47-40(43)33-31-29-13-11-9-7-2)38-49-51(45,46)48-36-35-42(3,4)5/h16-17,19-20,22-23,39H,6-15,18,21,24-38H2,1-5H3/p+1/b17-16-,20-19-,23-22-. The number of quaternary nitrogens is 1. The molecule has 0 heterocycles. The maximum atomic E-state index is 12.6. The summed E-state index contributed by atoms with van der Waals surface area (Å²) >= 11 is 0. The Balaban J connectivity index is 4.28. The Bertz CT molecular complexity index is 975. The quantitative estimate of drug-likeness (QED) is 0.0222. The highest BCUT2D eigenvalue weighted by Crippen LogP contribution is 2.43. The summed E-state index contributed by atoms with van der Waals surface area (Å²) in [7, 11) is 1.46. The minimum atomic E-state index is -4.36. The Morgan fingerprint density at radius 3 is 1.57 bits per heavy atom. The van der Waals surface area contributed by atoms with E-state index in [0.29, 0.717) is 17.4 Å². The van der Waals surface area contributed by atoms with Crippen molar-refractivity contribution in [2.45, 2.75) is 168 Å². The Morgan fingerprint density at radius 2 is 1.06 bits per heavy atom. The second-order valence-corrected chi connectivity index (χ2v) is 16.1. The molecule has 298 valence electrons. The normalized spacial score (nSPS) is 14.1. The number of carbonyl (C=O) groups excluding carboxylic acids is 2. The van der Waals surface area contributed by atoms with E-state index in [1.54, 1.807) is 0 Å². The molecule has 2 atom stereocenters. The van der Waals surface area contributed by atoms with Gasteiger partial charge in [-0.3, -0.25) is 18.6 Å². The Kier molecular flexibility index (Phi) is 32.8. The number of carbonyl (C=O) groups is 2. The van der Waals surface area contributed by atoms with E-state index in [1.807, 2.05) is 21.1 Å². The largest absolute Gasteiger partial charge is 0.472 e. The van der Waals surface area contributed by atoms with Crippen LogP contribution in [0.1, 0.15) is 162 Å². The highest BCUT2D eigenvalue weighted by Gasteiger charge is 2.27. The molecule has 1 N–H and O–H groups in total. The van der Waals surface area contributed by atoms with Gasteiger partial charge in [0.15, 0.2) is 6.10 Å². The van der Waals surface area contributed by atoms with Crippen LogP contribution in [0.15, 0.2) is 36.5 Å². The number of likely N-dealkylation sites (N-methyl/N-ethyl adjacent to an activating group) is 1. The summed E-state index contributed by atoms with van der Waals surface area (Å²) in [6.07, 6.45) is 36.5. The van der Waals surface area contributed by atoms with Crippen LogP contribution in [0.5, 0.6) is 0 Å². The Hall–Kier alpha value is -1.77. The molecule has 0 aliphatic carbocycles. The van der Waals surface area contributed by atoms with Crippen molar-refractivity contribution >= 4 is 19.8 Å². The number of esters is 2. The highest BCUT2D eigenvalue weighted by molar-refractivity contribution is 7.47.